The van der Waals surface area contributed by atoms with Crippen molar-refractivity contribution >= 4 is 11.8 Å². The Kier molecular flexibility index (Phi) is 7.91. The number of hydrogen-bond acceptors (Lipinski definition) is 4. The number of hydrogen-bond donors (Lipinski definition) is 3. The number of fused-ring (bicyclic) bond motifs is 1. The first-order chi connectivity index (χ1) is 14.0. The van der Waals surface area contributed by atoms with Crippen molar-refractivity contribution in [1.29, 1.82) is 0 Å². The van der Waals surface area contributed by atoms with Crippen molar-refractivity contribution < 1.29 is 10.2 Å². The first kappa shape index (κ1) is 22.0. The second-order valence-corrected chi connectivity index (χ2v) is 9.60. The Morgan fingerprint density at radius 3 is 2.21 bits per heavy atom. The molecule has 0 fully saturated rings. The molecule has 3 rings (SSSR count). The number of phenolic OH excluding ortho intramolecular Hbond substituents is 2. The van der Waals surface area contributed by atoms with Crippen molar-refractivity contribution in [3.05, 3.63) is 53.6 Å². The maximum absolute atomic E-state index is 9.94. The number of benzene rings is 2. The van der Waals surface area contributed by atoms with E-state index in [9.17, 15) is 10.2 Å². The molecule has 0 saturated carbocycles. The fourth-order valence-electron chi connectivity index (χ4n) is 4.58. The van der Waals surface area contributed by atoms with Crippen LogP contribution in [0.15, 0.2) is 47.4 Å². The molecule has 0 amide bonds. The van der Waals surface area contributed by atoms with E-state index in [2.05, 4.69) is 25.1 Å². The predicted molar refractivity (Wildman–Crippen MR) is 123 cm³/mol. The Balaban J connectivity index is 1.71. The molecular formula is C25H35NO2S. The summed E-state index contributed by atoms with van der Waals surface area (Å²) in [5, 5.41) is 19.7. The lowest BCUT2D eigenvalue weighted by Gasteiger charge is -2.43. The minimum Gasteiger partial charge on any atom is -0.508 e. The van der Waals surface area contributed by atoms with Gasteiger partial charge in [-0.25, -0.2) is 0 Å². The lowest BCUT2D eigenvalue weighted by Crippen LogP contribution is -2.36. The van der Waals surface area contributed by atoms with Gasteiger partial charge in [-0.15, -0.1) is 11.8 Å². The summed E-state index contributed by atoms with van der Waals surface area (Å²) in [5.41, 5.74) is 8.23. The van der Waals surface area contributed by atoms with Gasteiger partial charge in [0.25, 0.3) is 0 Å². The van der Waals surface area contributed by atoms with Crippen LogP contribution < -0.4 is 5.73 Å². The number of phenols is 2. The molecule has 2 aromatic carbocycles. The highest BCUT2D eigenvalue weighted by Gasteiger charge is 2.41. The summed E-state index contributed by atoms with van der Waals surface area (Å²) in [5.74, 6) is 2.07. The van der Waals surface area contributed by atoms with Gasteiger partial charge in [0.15, 0.2) is 0 Å². The summed E-state index contributed by atoms with van der Waals surface area (Å²) < 4.78 is 0. The molecule has 2 unspecified atom stereocenters. The van der Waals surface area contributed by atoms with Crippen LogP contribution in [0.2, 0.25) is 0 Å². The number of unbranched alkanes of at least 4 members (excludes halogenated alkanes) is 6. The Labute approximate surface area is 179 Å². The van der Waals surface area contributed by atoms with Crippen LogP contribution in [0.3, 0.4) is 0 Å². The maximum atomic E-state index is 9.94. The Hall–Kier alpha value is -1.65. The zero-order valence-electron chi connectivity index (χ0n) is 17.6. The number of rotatable bonds is 10. The molecule has 4 heteroatoms. The molecule has 1 heterocycles. The number of aromatic hydroxyl groups is 2. The number of nitrogens with two attached hydrogens (primary N) is 1. The molecule has 2 aromatic rings. The van der Waals surface area contributed by atoms with Crippen LogP contribution in [0.1, 0.15) is 75.3 Å². The van der Waals surface area contributed by atoms with Gasteiger partial charge in [0.2, 0.25) is 0 Å². The quantitative estimate of drug-likeness (QED) is 0.398. The molecule has 1 aliphatic heterocycles. The predicted octanol–water partition coefficient (Wildman–Crippen LogP) is 6.32. The molecule has 1 aliphatic rings. The molecular weight excluding hydrogens is 378 g/mol. The monoisotopic (exact) mass is 413 g/mol. The highest BCUT2D eigenvalue weighted by Crippen LogP contribution is 2.52. The molecule has 0 bridgehead atoms. The van der Waals surface area contributed by atoms with E-state index >= 15 is 0 Å². The lowest BCUT2D eigenvalue weighted by atomic mass is 9.68. The Bertz CT molecular complexity index is 777. The highest BCUT2D eigenvalue weighted by molar-refractivity contribution is 7.99. The van der Waals surface area contributed by atoms with Crippen molar-refractivity contribution in [3.8, 4) is 11.5 Å². The third-order valence-corrected chi connectivity index (χ3v) is 7.80. The summed E-state index contributed by atoms with van der Waals surface area (Å²) in [6.07, 6.45) is 9.94. The first-order valence-corrected chi connectivity index (χ1v) is 12.0. The molecule has 0 radical (unpaired) electrons. The van der Waals surface area contributed by atoms with Crippen molar-refractivity contribution in [1.82, 2.24) is 0 Å². The number of thioether (sulfide) groups is 1. The zero-order valence-corrected chi connectivity index (χ0v) is 18.4. The average Bonchev–Trinajstić information content (AvgIpc) is 2.72. The third-order valence-electron chi connectivity index (χ3n) is 6.39. The van der Waals surface area contributed by atoms with Crippen LogP contribution in [-0.4, -0.2) is 22.5 Å². The van der Waals surface area contributed by atoms with Gasteiger partial charge < -0.3 is 15.9 Å². The second-order valence-electron chi connectivity index (χ2n) is 8.58. The van der Waals surface area contributed by atoms with Crippen molar-refractivity contribution in [3.63, 3.8) is 0 Å². The smallest absolute Gasteiger partial charge is 0.116 e. The van der Waals surface area contributed by atoms with E-state index < -0.39 is 0 Å². The molecule has 0 aromatic heterocycles. The summed E-state index contributed by atoms with van der Waals surface area (Å²) in [7, 11) is 0. The normalized spacial score (nSPS) is 21.1. The van der Waals surface area contributed by atoms with E-state index in [1.54, 1.807) is 12.1 Å². The molecule has 4 N–H and O–H groups in total. The zero-order chi connectivity index (χ0) is 20.7. The van der Waals surface area contributed by atoms with E-state index in [1.807, 2.05) is 23.9 Å². The van der Waals surface area contributed by atoms with Gasteiger partial charge in [0.05, 0.1) is 0 Å². The van der Waals surface area contributed by atoms with Crippen LogP contribution in [-0.2, 0) is 5.41 Å². The largest absolute Gasteiger partial charge is 0.508 e. The van der Waals surface area contributed by atoms with E-state index in [1.165, 1.54) is 54.5 Å². The van der Waals surface area contributed by atoms with Gasteiger partial charge in [-0.2, -0.15) is 0 Å². The van der Waals surface area contributed by atoms with Crippen LogP contribution >= 0.6 is 11.8 Å². The van der Waals surface area contributed by atoms with E-state index in [4.69, 9.17) is 5.73 Å². The summed E-state index contributed by atoms with van der Waals surface area (Å²) in [6, 6.07) is 13.6. The molecule has 0 aliphatic carbocycles. The van der Waals surface area contributed by atoms with E-state index in [0.29, 0.717) is 17.4 Å². The van der Waals surface area contributed by atoms with Crippen LogP contribution in [0, 0.1) is 0 Å². The van der Waals surface area contributed by atoms with Crippen molar-refractivity contribution in [2.75, 3.05) is 12.3 Å². The second kappa shape index (κ2) is 10.4. The Morgan fingerprint density at radius 2 is 1.52 bits per heavy atom. The maximum Gasteiger partial charge on any atom is 0.116 e. The van der Waals surface area contributed by atoms with Gasteiger partial charge in [-0.1, -0.05) is 63.6 Å². The first-order valence-electron chi connectivity index (χ1n) is 11.0. The van der Waals surface area contributed by atoms with Crippen molar-refractivity contribution in [2.24, 2.45) is 5.73 Å². The van der Waals surface area contributed by atoms with Gasteiger partial charge in [-0.3, -0.25) is 0 Å². The standard InChI is InChI=1S/C25H35NO2S/c1-25(19-10-12-20(27)13-11-19)18-29-24-17-21(28)14-15-22(24)23(25)9-7-5-3-2-4-6-8-16-26/h10-15,17,23,27-28H,2-9,16,18,26H2,1H3. The molecule has 0 saturated heterocycles. The summed E-state index contributed by atoms with van der Waals surface area (Å²) >= 11 is 1.83. The molecule has 2 atom stereocenters. The minimum atomic E-state index is 0.0173. The molecule has 158 valence electrons. The fraction of sp³-hybridized carbons (Fsp3) is 0.520. The minimum absolute atomic E-state index is 0.0173. The average molecular weight is 414 g/mol. The lowest BCUT2D eigenvalue weighted by molar-refractivity contribution is 0.370. The van der Waals surface area contributed by atoms with Gasteiger partial charge >= 0.3 is 0 Å². The van der Waals surface area contributed by atoms with Crippen LogP contribution in [0.5, 0.6) is 11.5 Å². The summed E-state index contributed by atoms with van der Waals surface area (Å²) in [6.45, 7) is 3.17. The van der Waals surface area contributed by atoms with Crippen LogP contribution in [0.25, 0.3) is 0 Å². The summed E-state index contributed by atoms with van der Waals surface area (Å²) in [4.78, 5) is 1.22. The van der Waals surface area contributed by atoms with Crippen LogP contribution in [0.4, 0.5) is 0 Å². The SMILES string of the molecule is CC1(c2ccc(O)cc2)CSc2cc(O)ccc2C1CCCCCCCCCN. The van der Waals surface area contributed by atoms with Crippen molar-refractivity contribution in [2.45, 2.75) is 74.5 Å². The highest BCUT2D eigenvalue weighted by atomic mass is 32.2. The fourth-order valence-corrected chi connectivity index (χ4v) is 5.99. The molecule has 3 nitrogen and oxygen atoms in total. The van der Waals surface area contributed by atoms with Gasteiger partial charge in [0, 0.05) is 16.1 Å². The van der Waals surface area contributed by atoms with Gasteiger partial charge in [0.1, 0.15) is 11.5 Å². The molecule has 29 heavy (non-hydrogen) atoms. The topological polar surface area (TPSA) is 66.5 Å². The van der Waals surface area contributed by atoms with E-state index in [-0.39, 0.29) is 5.41 Å². The van der Waals surface area contributed by atoms with Gasteiger partial charge in [-0.05, 0) is 60.7 Å². The van der Waals surface area contributed by atoms with E-state index in [0.717, 1.165) is 25.1 Å². The third kappa shape index (κ3) is 5.49. The molecule has 0 spiro atoms. The Morgan fingerprint density at radius 1 is 0.897 bits per heavy atom.